The Kier molecular flexibility index (Phi) is 4.23. The molecule has 56 valence electrons. The van der Waals surface area contributed by atoms with Gasteiger partial charge < -0.3 is 15.8 Å². The van der Waals surface area contributed by atoms with Gasteiger partial charge in [0.2, 0.25) is 0 Å². The standard InChI is InChI=1S/C5H8N2O2S/c1-9-4(8)2-3-7-5(6)10/h2-3H,1H3,(H3,6,7,10)/b3-2+. The van der Waals surface area contributed by atoms with E-state index in [1.807, 2.05) is 0 Å². The Morgan fingerprint density at radius 1 is 1.80 bits per heavy atom. The lowest BCUT2D eigenvalue weighted by atomic mass is 10.6. The van der Waals surface area contributed by atoms with Crippen LogP contribution in [0.1, 0.15) is 0 Å². The van der Waals surface area contributed by atoms with E-state index < -0.39 is 5.97 Å². The molecule has 0 aliphatic heterocycles. The normalized spacial score (nSPS) is 9.30. The summed E-state index contributed by atoms with van der Waals surface area (Å²) in [6.07, 6.45) is 2.49. The maximum atomic E-state index is 10.4. The minimum absolute atomic E-state index is 0.111. The van der Waals surface area contributed by atoms with Crippen molar-refractivity contribution >= 4 is 23.3 Å². The second-order valence-electron chi connectivity index (χ2n) is 1.37. The summed E-state index contributed by atoms with van der Waals surface area (Å²) in [5, 5.41) is 2.55. The van der Waals surface area contributed by atoms with Gasteiger partial charge in [-0.1, -0.05) is 0 Å². The molecule has 0 radical (unpaired) electrons. The molecule has 3 N–H and O–H groups in total. The van der Waals surface area contributed by atoms with Crippen LogP contribution in [0.25, 0.3) is 0 Å². The van der Waals surface area contributed by atoms with Gasteiger partial charge in [0.25, 0.3) is 0 Å². The fourth-order valence-electron chi connectivity index (χ4n) is 0.260. The molecule has 0 rings (SSSR count). The number of rotatable bonds is 2. The van der Waals surface area contributed by atoms with Gasteiger partial charge in [0, 0.05) is 12.3 Å². The van der Waals surface area contributed by atoms with E-state index in [0.29, 0.717) is 0 Å². The van der Waals surface area contributed by atoms with E-state index in [9.17, 15) is 4.79 Å². The largest absolute Gasteiger partial charge is 0.466 e. The summed E-state index contributed by atoms with van der Waals surface area (Å²) in [5.74, 6) is -0.455. The van der Waals surface area contributed by atoms with Gasteiger partial charge in [0.05, 0.1) is 7.11 Å². The molecule has 0 aromatic rings. The molecule has 0 aliphatic rings. The van der Waals surface area contributed by atoms with Gasteiger partial charge in [0.15, 0.2) is 5.11 Å². The number of hydrogen-bond acceptors (Lipinski definition) is 3. The molecule has 0 saturated heterocycles. The lowest BCUT2D eigenvalue weighted by molar-refractivity contribution is -0.134. The fraction of sp³-hybridized carbons (Fsp3) is 0.200. The van der Waals surface area contributed by atoms with E-state index in [-0.39, 0.29) is 5.11 Å². The first-order chi connectivity index (χ1) is 4.66. The number of carbonyl (C=O) groups is 1. The number of hydrogen-bond donors (Lipinski definition) is 2. The summed E-state index contributed by atoms with van der Waals surface area (Å²) in [5.41, 5.74) is 5.04. The molecule has 0 aromatic heterocycles. The van der Waals surface area contributed by atoms with Gasteiger partial charge >= 0.3 is 5.97 Å². The minimum atomic E-state index is -0.455. The quantitative estimate of drug-likeness (QED) is 0.324. The van der Waals surface area contributed by atoms with Crippen molar-refractivity contribution < 1.29 is 9.53 Å². The van der Waals surface area contributed by atoms with Crippen molar-refractivity contribution in [3.8, 4) is 0 Å². The van der Waals surface area contributed by atoms with Gasteiger partial charge in [-0.15, -0.1) is 0 Å². The molecule has 10 heavy (non-hydrogen) atoms. The minimum Gasteiger partial charge on any atom is -0.466 e. The third-order valence-corrected chi connectivity index (χ3v) is 0.764. The monoisotopic (exact) mass is 160 g/mol. The molecule has 5 heteroatoms. The maximum absolute atomic E-state index is 10.4. The van der Waals surface area contributed by atoms with Crippen LogP contribution >= 0.6 is 12.2 Å². The number of carbonyl (C=O) groups excluding carboxylic acids is 1. The van der Waals surface area contributed by atoms with Gasteiger partial charge in [-0.05, 0) is 12.2 Å². The number of methoxy groups -OCH3 is 1. The number of thiocarbonyl (C=S) groups is 1. The summed E-state index contributed by atoms with van der Waals surface area (Å²) in [6.45, 7) is 0. The molecule has 0 spiro atoms. The second kappa shape index (κ2) is 4.75. The Balaban J connectivity index is 3.56. The zero-order chi connectivity index (χ0) is 7.98. The zero-order valence-corrected chi connectivity index (χ0v) is 6.27. The van der Waals surface area contributed by atoms with Crippen LogP contribution in [-0.2, 0) is 9.53 Å². The van der Waals surface area contributed by atoms with Crippen LogP contribution in [-0.4, -0.2) is 18.2 Å². The molecule has 4 nitrogen and oxygen atoms in total. The lowest BCUT2D eigenvalue weighted by Gasteiger charge is -1.92. The second-order valence-corrected chi connectivity index (χ2v) is 1.80. The molecule has 0 unspecified atom stereocenters. The first-order valence-corrected chi connectivity index (χ1v) is 2.88. The highest BCUT2D eigenvalue weighted by Crippen LogP contribution is 1.73. The van der Waals surface area contributed by atoms with Gasteiger partial charge in [-0.25, -0.2) is 4.79 Å². The molecule has 0 aromatic carbocycles. The van der Waals surface area contributed by atoms with E-state index in [1.165, 1.54) is 19.4 Å². The van der Waals surface area contributed by atoms with Crippen molar-refractivity contribution in [3.05, 3.63) is 12.3 Å². The Hall–Kier alpha value is -1.10. The Morgan fingerprint density at radius 3 is 2.80 bits per heavy atom. The Morgan fingerprint density at radius 2 is 2.40 bits per heavy atom. The first kappa shape index (κ1) is 8.90. The zero-order valence-electron chi connectivity index (χ0n) is 5.46. The smallest absolute Gasteiger partial charge is 0.331 e. The maximum Gasteiger partial charge on any atom is 0.331 e. The first-order valence-electron chi connectivity index (χ1n) is 2.47. The lowest BCUT2D eigenvalue weighted by Crippen LogP contribution is -2.23. The molecular formula is C5H8N2O2S. The van der Waals surface area contributed by atoms with Crippen molar-refractivity contribution in [2.45, 2.75) is 0 Å². The van der Waals surface area contributed by atoms with Crippen molar-refractivity contribution in [2.24, 2.45) is 5.73 Å². The molecule has 0 aliphatic carbocycles. The van der Waals surface area contributed by atoms with Crippen LogP contribution in [0.2, 0.25) is 0 Å². The van der Waals surface area contributed by atoms with Crippen LogP contribution in [0.15, 0.2) is 12.3 Å². The highest BCUT2D eigenvalue weighted by atomic mass is 32.1. The predicted octanol–water partition coefficient (Wildman–Crippen LogP) is -0.494. The molecule has 0 bridgehead atoms. The number of nitrogens with two attached hydrogens (primary N) is 1. The van der Waals surface area contributed by atoms with Crippen molar-refractivity contribution in [1.29, 1.82) is 0 Å². The molecule has 0 atom stereocenters. The number of nitrogens with one attached hydrogen (secondary N) is 1. The summed E-state index contributed by atoms with van der Waals surface area (Å²) >= 11 is 4.45. The summed E-state index contributed by atoms with van der Waals surface area (Å²) in [4.78, 5) is 10.4. The third-order valence-electron chi connectivity index (χ3n) is 0.646. The van der Waals surface area contributed by atoms with E-state index in [2.05, 4.69) is 22.3 Å². The fourth-order valence-corrected chi connectivity index (χ4v) is 0.328. The molecule has 0 fully saturated rings. The summed E-state index contributed by atoms with van der Waals surface area (Å²) in [7, 11) is 1.29. The van der Waals surface area contributed by atoms with Crippen LogP contribution in [0.5, 0.6) is 0 Å². The molecule has 0 saturated carbocycles. The average molecular weight is 160 g/mol. The van der Waals surface area contributed by atoms with Crippen LogP contribution in [0.3, 0.4) is 0 Å². The van der Waals surface area contributed by atoms with Gasteiger partial charge in [-0.3, -0.25) is 0 Å². The molecule has 0 amide bonds. The highest BCUT2D eigenvalue weighted by Gasteiger charge is 1.88. The van der Waals surface area contributed by atoms with E-state index in [0.717, 1.165) is 0 Å². The van der Waals surface area contributed by atoms with Crippen LogP contribution in [0, 0.1) is 0 Å². The van der Waals surface area contributed by atoms with Crippen molar-refractivity contribution in [1.82, 2.24) is 5.32 Å². The predicted molar refractivity (Wildman–Crippen MR) is 41.1 cm³/mol. The van der Waals surface area contributed by atoms with E-state index in [4.69, 9.17) is 5.73 Å². The number of ether oxygens (including phenoxy) is 1. The van der Waals surface area contributed by atoms with Crippen molar-refractivity contribution in [3.63, 3.8) is 0 Å². The van der Waals surface area contributed by atoms with Gasteiger partial charge in [0.1, 0.15) is 0 Å². The summed E-state index contributed by atoms with van der Waals surface area (Å²) < 4.78 is 4.28. The Bertz CT molecular complexity index is 167. The SMILES string of the molecule is COC(=O)/C=C/NC(N)=S. The topological polar surface area (TPSA) is 64.3 Å². The molecule has 0 heterocycles. The van der Waals surface area contributed by atoms with Crippen LogP contribution in [0.4, 0.5) is 0 Å². The summed E-state index contributed by atoms with van der Waals surface area (Å²) in [6, 6.07) is 0. The third kappa shape index (κ3) is 5.04. The van der Waals surface area contributed by atoms with Gasteiger partial charge in [-0.2, -0.15) is 0 Å². The van der Waals surface area contributed by atoms with Crippen LogP contribution < -0.4 is 11.1 Å². The molecular weight excluding hydrogens is 152 g/mol. The highest BCUT2D eigenvalue weighted by molar-refractivity contribution is 7.80. The van der Waals surface area contributed by atoms with Crippen molar-refractivity contribution in [2.75, 3.05) is 7.11 Å². The number of esters is 1. The van der Waals surface area contributed by atoms with E-state index in [1.54, 1.807) is 0 Å². The van der Waals surface area contributed by atoms with E-state index >= 15 is 0 Å². The average Bonchev–Trinajstić information content (AvgIpc) is 1.87. The Labute approximate surface area is 64.0 Å².